The Hall–Kier alpha value is -2.14. The summed E-state index contributed by atoms with van der Waals surface area (Å²) in [7, 11) is 1.29. The van der Waals surface area contributed by atoms with Crippen molar-refractivity contribution in [3.63, 3.8) is 0 Å². The molecule has 2 aromatic rings. The summed E-state index contributed by atoms with van der Waals surface area (Å²) in [6.45, 7) is 1.98. The van der Waals surface area contributed by atoms with Gasteiger partial charge in [0.2, 0.25) is 5.82 Å². The average molecular weight is 292 g/mol. The van der Waals surface area contributed by atoms with E-state index in [4.69, 9.17) is 11.6 Å². The largest absolute Gasteiger partial charge is 0.463 e. The Morgan fingerprint density at radius 2 is 1.95 bits per heavy atom. The van der Waals surface area contributed by atoms with Crippen molar-refractivity contribution in [3.8, 4) is 0 Å². The standard InChI is InChI=1S/C14H14ClN3O2/c1-9(11-5-3-4-6-12(11)15)18-10-7-16-13(17-8-10)14(19)20-2/h3-9,18H,1-2H3/t9-/m0/s1. The second-order valence-corrected chi connectivity index (χ2v) is 4.58. The van der Waals surface area contributed by atoms with Crippen molar-refractivity contribution in [3.05, 3.63) is 53.1 Å². The minimum absolute atomic E-state index is 0.00345. The number of nitrogens with zero attached hydrogens (tertiary/aromatic N) is 2. The van der Waals surface area contributed by atoms with Gasteiger partial charge >= 0.3 is 5.97 Å². The molecule has 0 radical (unpaired) electrons. The first kappa shape index (κ1) is 14.3. The van der Waals surface area contributed by atoms with Crippen LogP contribution in [0.25, 0.3) is 0 Å². The van der Waals surface area contributed by atoms with Gasteiger partial charge in [-0.25, -0.2) is 14.8 Å². The van der Waals surface area contributed by atoms with Crippen LogP contribution in [0.15, 0.2) is 36.7 Å². The SMILES string of the molecule is COC(=O)c1ncc(N[C@@H](C)c2ccccc2Cl)cn1. The summed E-state index contributed by atoms with van der Waals surface area (Å²) in [6.07, 6.45) is 3.07. The van der Waals surface area contributed by atoms with Gasteiger partial charge in [-0.2, -0.15) is 0 Å². The summed E-state index contributed by atoms with van der Waals surface area (Å²) < 4.78 is 4.54. The Bertz CT molecular complexity index is 602. The van der Waals surface area contributed by atoms with Crippen molar-refractivity contribution in [2.45, 2.75) is 13.0 Å². The molecular formula is C14H14ClN3O2. The van der Waals surface area contributed by atoms with E-state index in [9.17, 15) is 4.79 Å². The molecule has 1 N–H and O–H groups in total. The molecule has 6 heteroatoms. The Morgan fingerprint density at radius 3 is 2.55 bits per heavy atom. The fraction of sp³-hybridized carbons (Fsp3) is 0.214. The first-order chi connectivity index (χ1) is 9.61. The molecule has 20 heavy (non-hydrogen) atoms. The average Bonchev–Trinajstić information content (AvgIpc) is 2.47. The molecule has 0 fully saturated rings. The number of methoxy groups -OCH3 is 1. The van der Waals surface area contributed by atoms with Crippen molar-refractivity contribution in [2.75, 3.05) is 12.4 Å². The molecule has 1 aromatic carbocycles. The van der Waals surface area contributed by atoms with Gasteiger partial charge in [0.25, 0.3) is 0 Å². The van der Waals surface area contributed by atoms with Gasteiger partial charge in [-0.1, -0.05) is 29.8 Å². The maximum absolute atomic E-state index is 11.2. The number of carbonyl (C=O) groups excluding carboxylic acids is 1. The first-order valence-electron chi connectivity index (χ1n) is 6.03. The summed E-state index contributed by atoms with van der Waals surface area (Å²) in [5.41, 5.74) is 1.68. The van der Waals surface area contributed by atoms with E-state index in [-0.39, 0.29) is 11.9 Å². The second-order valence-electron chi connectivity index (χ2n) is 4.17. The summed E-state index contributed by atoms with van der Waals surface area (Å²) in [5.74, 6) is -0.529. The van der Waals surface area contributed by atoms with Crippen LogP contribution in [0.3, 0.4) is 0 Å². The topological polar surface area (TPSA) is 64.1 Å². The molecule has 0 spiro atoms. The normalized spacial score (nSPS) is 11.8. The van der Waals surface area contributed by atoms with Crippen LogP contribution < -0.4 is 5.32 Å². The van der Waals surface area contributed by atoms with Gasteiger partial charge in [-0.15, -0.1) is 0 Å². The number of esters is 1. The third kappa shape index (κ3) is 3.24. The van der Waals surface area contributed by atoms with Crippen molar-refractivity contribution < 1.29 is 9.53 Å². The lowest BCUT2D eigenvalue weighted by Gasteiger charge is -2.16. The Balaban J connectivity index is 2.10. The zero-order valence-electron chi connectivity index (χ0n) is 11.1. The van der Waals surface area contributed by atoms with Crippen LogP contribution in [0.2, 0.25) is 5.02 Å². The minimum atomic E-state index is -0.560. The second kappa shape index (κ2) is 6.34. The molecule has 0 unspecified atom stereocenters. The van der Waals surface area contributed by atoms with Crippen molar-refractivity contribution in [1.82, 2.24) is 9.97 Å². The molecule has 1 aromatic heterocycles. The molecule has 0 saturated heterocycles. The van der Waals surface area contributed by atoms with Crippen molar-refractivity contribution >= 4 is 23.3 Å². The zero-order valence-corrected chi connectivity index (χ0v) is 11.9. The molecule has 0 bridgehead atoms. The summed E-state index contributed by atoms with van der Waals surface area (Å²) in [6, 6.07) is 7.59. The summed E-state index contributed by atoms with van der Waals surface area (Å²) >= 11 is 6.14. The Labute approximate surface area is 122 Å². The summed E-state index contributed by atoms with van der Waals surface area (Å²) in [5, 5.41) is 3.92. The maximum atomic E-state index is 11.2. The molecular weight excluding hydrogens is 278 g/mol. The van der Waals surface area contributed by atoms with Gasteiger partial charge in [0.15, 0.2) is 0 Å². The van der Waals surface area contributed by atoms with E-state index in [2.05, 4.69) is 20.0 Å². The number of anilines is 1. The smallest absolute Gasteiger partial charge is 0.376 e. The molecule has 0 aliphatic heterocycles. The highest BCUT2D eigenvalue weighted by Crippen LogP contribution is 2.25. The van der Waals surface area contributed by atoms with E-state index in [0.29, 0.717) is 10.7 Å². The number of ether oxygens (including phenoxy) is 1. The van der Waals surface area contributed by atoms with Crippen LogP contribution in [0.4, 0.5) is 5.69 Å². The molecule has 0 aliphatic rings. The van der Waals surface area contributed by atoms with Gasteiger partial charge in [-0.3, -0.25) is 0 Å². The number of hydrogen-bond acceptors (Lipinski definition) is 5. The van der Waals surface area contributed by atoms with E-state index < -0.39 is 5.97 Å². The van der Waals surface area contributed by atoms with Gasteiger partial charge in [0.1, 0.15) is 0 Å². The predicted octanol–water partition coefficient (Wildman–Crippen LogP) is 3.09. The third-order valence-corrected chi connectivity index (χ3v) is 3.12. The van der Waals surface area contributed by atoms with E-state index in [0.717, 1.165) is 5.56 Å². The molecule has 104 valence electrons. The number of rotatable bonds is 4. The van der Waals surface area contributed by atoms with Crippen LogP contribution in [-0.4, -0.2) is 23.0 Å². The molecule has 0 amide bonds. The summed E-state index contributed by atoms with van der Waals surface area (Å²) in [4.78, 5) is 19.1. The third-order valence-electron chi connectivity index (χ3n) is 2.77. The van der Waals surface area contributed by atoms with Crippen molar-refractivity contribution in [1.29, 1.82) is 0 Å². The van der Waals surface area contributed by atoms with Crippen LogP contribution in [0.1, 0.15) is 29.1 Å². The minimum Gasteiger partial charge on any atom is -0.463 e. The zero-order chi connectivity index (χ0) is 14.5. The highest BCUT2D eigenvalue weighted by atomic mass is 35.5. The number of benzene rings is 1. The van der Waals surface area contributed by atoms with Crippen LogP contribution in [0.5, 0.6) is 0 Å². The maximum Gasteiger partial charge on any atom is 0.376 e. The number of aromatic nitrogens is 2. The number of nitrogens with one attached hydrogen (secondary N) is 1. The van der Waals surface area contributed by atoms with Crippen LogP contribution >= 0.6 is 11.6 Å². The van der Waals surface area contributed by atoms with Gasteiger partial charge in [0, 0.05) is 5.02 Å². The number of hydrogen-bond donors (Lipinski definition) is 1. The lowest BCUT2D eigenvalue weighted by atomic mass is 10.1. The number of halogens is 1. The monoisotopic (exact) mass is 291 g/mol. The van der Waals surface area contributed by atoms with Gasteiger partial charge in [0.05, 0.1) is 31.2 Å². The fourth-order valence-electron chi connectivity index (χ4n) is 1.75. The van der Waals surface area contributed by atoms with E-state index >= 15 is 0 Å². The molecule has 0 saturated carbocycles. The molecule has 1 atom stereocenters. The lowest BCUT2D eigenvalue weighted by molar-refractivity contribution is 0.0586. The molecule has 2 rings (SSSR count). The molecule has 0 aliphatic carbocycles. The predicted molar refractivity (Wildman–Crippen MR) is 76.9 cm³/mol. The quantitative estimate of drug-likeness (QED) is 0.877. The lowest BCUT2D eigenvalue weighted by Crippen LogP contribution is -2.10. The van der Waals surface area contributed by atoms with E-state index in [1.165, 1.54) is 19.5 Å². The van der Waals surface area contributed by atoms with Gasteiger partial charge < -0.3 is 10.1 Å². The Morgan fingerprint density at radius 1 is 1.30 bits per heavy atom. The van der Waals surface area contributed by atoms with Crippen LogP contribution in [-0.2, 0) is 4.74 Å². The fourth-order valence-corrected chi connectivity index (χ4v) is 2.05. The van der Waals surface area contributed by atoms with E-state index in [1.54, 1.807) is 0 Å². The molecule has 1 heterocycles. The molecule has 5 nitrogen and oxygen atoms in total. The Kier molecular flexibility index (Phi) is 4.53. The van der Waals surface area contributed by atoms with E-state index in [1.807, 2.05) is 31.2 Å². The highest BCUT2D eigenvalue weighted by Gasteiger charge is 2.11. The first-order valence-corrected chi connectivity index (χ1v) is 6.41. The van der Waals surface area contributed by atoms with Crippen LogP contribution in [0, 0.1) is 0 Å². The van der Waals surface area contributed by atoms with Gasteiger partial charge in [-0.05, 0) is 18.6 Å². The van der Waals surface area contributed by atoms with Crippen molar-refractivity contribution in [2.24, 2.45) is 0 Å². The number of carbonyl (C=O) groups is 1. The highest BCUT2D eigenvalue weighted by molar-refractivity contribution is 6.31.